The van der Waals surface area contributed by atoms with Crippen molar-refractivity contribution in [1.29, 1.82) is 0 Å². The largest absolute Gasteiger partial charge is 0.356 e. The van der Waals surface area contributed by atoms with E-state index in [1.807, 2.05) is 12.3 Å². The van der Waals surface area contributed by atoms with E-state index in [2.05, 4.69) is 5.10 Å². The van der Waals surface area contributed by atoms with Crippen molar-refractivity contribution in [2.45, 2.75) is 13.8 Å². The van der Waals surface area contributed by atoms with Crippen molar-refractivity contribution < 1.29 is 4.79 Å². The monoisotopic (exact) mass is 154 g/mol. The van der Waals surface area contributed by atoms with Crippen LogP contribution in [0.25, 0.3) is 0 Å². The zero-order chi connectivity index (χ0) is 8.43. The molecule has 0 radical (unpaired) electrons. The average Bonchev–Trinajstić information content (AvgIpc) is 2.28. The maximum Gasteiger partial charge on any atom is 0.356 e. The lowest BCUT2D eigenvalue weighted by Gasteiger charge is -1.99. The van der Waals surface area contributed by atoms with Crippen LogP contribution in [0, 0.1) is 13.8 Å². The highest BCUT2D eigenvalue weighted by Crippen LogP contribution is 1.99. The lowest BCUT2D eigenvalue weighted by Crippen LogP contribution is -2.35. The van der Waals surface area contributed by atoms with Gasteiger partial charge in [-0.25, -0.2) is 10.6 Å². The number of rotatable bonds is 0. The van der Waals surface area contributed by atoms with Crippen molar-refractivity contribution in [2.75, 3.05) is 0 Å². The fraction of sp³-hybridized carbons (Fsp3) is 0.333. The molecule has 0 aromatic carbocycles. The highest BCUT2D eigenvalue weighted by atomic mass is 16.2. The zero-order valence-corrected chi connectivity index (χ0v) is 6.46. The van der Waals surface area contributed by atoms with Gasteiger partial charge >= 0.3 is 6.03 Å². The summed E-state index contributed by atoms with van der Waals surface area (Å²) in [4.78, 5) is 10.9. The Labute approximate surface area is 64.2 Å². The third kappa shape index (κ3) is 1.38. The van der Waals surface area contributed by atoms with E-state index in [-0.39, 0.29) is 0 Å². The normalized spacial score (nSPS) is 9.73. The lowest BCUT2D eigenvalue weighted by atomic mass is 10.4. The molecular weight excluding hydrogens is 144 g/mol. The van der Waals surface area contributed by atoms with Crippen molar-refractivity contribution in [3.05, 3.63) is 17.5 Å². The van der Waals surface area contributed by atoms with Gasteiger partial charge in [0.2, 0.25) is 0 Å². The Morgan fingerprint density at radius 3 is 2.73 bits per heavy atom. The van der Waals surface area contributed by atoms with Crippen LogP contribution in [-0.2, 0) is 0 Å². The molecule has 1 aromatic rings. The molecule has 0 atom stereocenters. The Kier molecular flexibility index (Phi) is 1.91. The van der Waals surface area contributed by atoms with E-state index in [1.165, 1.54) is 4.68 Å². The molecule has 0 saturated heterocycles. The maximum atomic E-state index is 10.9. The van der Waals surface area contributed by atoms with Crippen LogP contribution in [0.15, 0.2) is 6.07 Å². The van der Waals surface area contributed by atoms with Gasteiger partial charge in [-0.2, -0.15) is 9.78 Å². The summed E-state index contributed by atoms with van der Waals surface area (Å²) in [5.74, 6) is 4.92. The minimum absolute atomic E-state index is 0.421. The van der Waals surface area contributed by atoms with Crippen molar-refractivity contribution >= 4 is 6.03 Å². The van der Waals surface area contributed by atoms with Gasteiger partial charge in [-0.3, -0.25) is 5.43 Å². The summed E-state index contributed by atoms with van der Waals surface area (Å²) >= 11 is 0. The molecule has 0 saturated carbocycles. The first-order valence-electron chi connectivity index (χ1n) is 3.19. The summed E-state index contributed by atoms with van der Waals surface area (Å²) < 4.78 is 1.22. The highest BCUT2D eigenvalue weighted by molar-refractivity contribution is 5.75. The Bertz CT molecular complexity index is 278. The third-order valence-corrected chi connectivity index (χ3v) is 1.33. The van der Waals surface area contributed by atoms with Gasteiger partial charge < -0.3 is 0 Å². The number of amides is 1. The highest BCUT2D eigenvalue weighted by Gasteiger charge is 2.06. The standard InChI is InChI=1S/C6H10N4O/c1-4-3-5(2)10(9-4)6(11)8-7/h3H,7H2,1-2H3,(H,8,11). The van der Waals surface area contributed by atoms with Crippen LogP contribution in [0.1, 0.15) is 11.4 Å². The number of nitrogens with one attached hydrogen (secondary N) is 1. The summed E-state index contributed by atoms with van der Waals surface area (Å²) in [5, 5.41) is 3.91. The van der Waals surface area contributed by atoms with Crippen LogP contribution in [0.2, 0.25) is 0 Å². The number of hydrogen-bond acceptors (Lipinski definition) is 3. The number of carbonyl (C=O) groups is 1. The fourth-order valence-electron chi connectivity index (χ4n) is 0.896. The van der Waals surface area contributed by atoms with Crippen LogP contribution in [0.5, 0.6) is 0 Å². The molecular formula is C6H10N4O. The molecule has 5 heteroatoms. The molecule has 0 spiro atoms. The van der Waals surface area contributed by atoms with Crippen molar-refractivity contribution in [3.63, 3.8) is 0 Å². The van der Waals surface area contributed by atoms with E-state index in [1.54, 1.807) is 13.0 Å². The Morgan fingerprint density at radius 1 is 1.73 bits per heavy atom. The Balaban J connectivity index is 3.03. The molecule has 0 aliphatic heterocycles. The van der Waals surface area contributed by atoms with Gasteiger partial charge in [0.05, 0.1) is 5.69 Å². The topological polar surface area (TPSA) is 72.9 Å². The second kappa shape index (κ2) is 2.71. The van der Waals surface area contributed by atoms with Crippen LogP contribution in [-0.4, -0.2) is 15.8 Å². The van der Waals surface area contributed by atoms with Gasteiger partial charge in [-0.15, -0.1) is 0 Å². The molecule has 60 valence electrons. The number of nitrogens with zero attached hydrogens (tertiary/aromatic N) is 2. The number of aryl methyl sites for hydroxylation is 2. The van der Waals surface area contributed by atoms with E-state index < -0.39 is 6.03 Å². The SMILES string of the molecule is Cc1cc(C)n(C(=O)NN)n1. The first-order chi connectivity index (χ1) is 5.15. The molecule has 1 heterocycles. The molecule has 0 aliphatic carbocycles. The van der Waals surface area contributed by atoms with Crippen LogP contribution in [0.3, 0.4) is 0 Å². The number of nitrogens with two attached hydrogens (primary N) is 1. The van der Waals surface area contributed by atoms with Gasteiger partial charge in [-0.05, 0) is 19.9 Å². The van der Waals surface area contributed by atoms with Crippen LogP contribution < -0.4 is 11.3 Å². The van der Waals surface area contributed by atoms with Gasteiger partial charge in [0.15, 0.2) is 0 Å². The number of hydrazine groups is 1. The van der Waals surface area contributed by atoms with E-state index >= 15 is 0 Å². The minimum Gasteiger partial charge on any atom is -0.274 e. The smallest absolute Gasteiger partial charge is 0.274 e. The van der Waals surface area contributed by atoms with Crippen LogP contribution >= 0.6 is 0 Å². The van der Waals surface area contributed by atoms with Crippen LogP contribution in [0.4, 0.5) is 4.79 Å². The minimum atomic E-state index is -0.421. The van der Waals surface area contributed by atoms with Crippen molar-refractivity contribution in [1.82, 2.24) is 15.2 Å². The van der Waals surface area contributed by atoms with E-state index in [9.17, 15) is 4.79 Å². The van der Waals surface area contributed by atoms with E-state index in [4.69, 9.17) is 5.84 Å². The molecule has 0 aliphatic rings. The maximum absolute atomic E-state index is 10.9. The predicted octanol–water partition coefficient (Wildman–Crippen LogP) is -0.0687. The molecule has 0 fully saturated rings. The lowest BCUT2D eigenvalue weighted by molar-refractivity contribution is 0.239. The summed E-state index contributed by atoms with van der Waals surface area (Å²) in [7, 11) is 0. The zero-order valence-electron chi connectivity index (χ0n) is 6.46. The number of aromatic nitrogens is 2. The Morgan fingerprint density at radius 2 is 2.36 bits per heavy atom. The molecule has 11 heavy (non-hydrogen) atoms. The summed E-state index contributed by atoms with van der Waals surface area (Å²) in [5.41, 5.74) is 3.56. The molecule has 1 aromatic heterocycles. The number of carbonyl (C=O) groups excluding carboxylic acids is 1. The second-order valence-electron chi connectivity index (χ2n) is 2.29. The van der Waals surface area contributed by atoms with Gasteiger partial charge in [0.25, 0.3) is 0 Å². The van der Waals surface area contributed by atoms with Crippen molar-refractivity contribution in [2.24, 2.45) is 5.84 Å². The third-order valence-electron chi connectivity index (χ3n) is 1.33. The first-order valence-corrected chi connectivity index (χ1v) is 3.19. The molecule has 5 nitrogen and oxygen atoms in total. The quantitative estimate of drug-likeness (QED) is 0.312. The molecule has 0 bridgehead atoms. The summed E-state index contributed by atoms with van der Waals surface area (Å²) in [6.07, 6.45) is 0. The van der Waals surface area contributed by atoms with Gasteiger partial charge in [0.1, 0.15) is 0 Å². The predicted molar refractivity (Wildman–Crippen MR) is 39.8 cm³/mol. The van der Waals surface area contributed by atoms with Gasteiger partial charge in [0, 0.05) is 5.69 Å². The Hall–Kier alpha value is -1.36. The summed E-state index contributed by atoms with van der Waals surface area (Å²) in [6.45, 7) is 3.60. The van der Waals surface area contributed by atoms with Gasteiger partial charge in [-0.1, -0.05) is 0 Å². The molecule has 1 amide bonds. The molecule has 0 unspecified atom stereocenters. The number of hydrogen-bond donors (Lipinski definition) is 2. The first kappa shape index (κ1) is 7.74. The number of nitrogen functional groups attached to an aromatic ring is 1. The average molecular weight is 154 g/mol. The molecule has 1 rings (SSSR count). The fourth-order valence-corrected chi connectivity index (χ4v) is 0.896. The molecule has 3 N–H and O–H groups in total. The second-order valence-corrected chi connectivity index (χ2v) is 2.29. The van der Waals surface area contributed by atoms with E-state index in [0.717, 1.165) is 11.4 Å². The van der Waals surface area contributed by atoms with Crippen molar-refractivity contribution in [3.8, 4) is 0 Å². The van der Waals surface area contributed by atoms with E-state index in [0.29, 0.717) is 0 Å². The summed E-state index contributed by atoms with van der Waals surface area (Å²) in [6, 6.07) is 1.38.